The minimum Gasteiger partial charge on any atom is -0.455 e. The summed E-state index contributed by atoms with van der Waals surface area (Å²) in [5.41, 5.74) is 14.4. The number of fused-ring (bicyclic) bond motifs is 9. The number of furan rings is 1. The van der Waals surface area contributed by atoms with Gasteiger partial charge in [0.25, 0.3) is 0 Å². The number of aromatic nitrogens is 1. The van der Waals surface area contributed by atoms with Crippen molar-refractivity contribution in [2.75, 3.05) is 4.90 Å². The number of hydrogen-bond donors (Lipinski definition) is 0. The maximum Gasteiger partial charge on any atom is 0.145 e. The van der Waals surface area contributed by atoms with E-state index in [4.69, 9.17) is 4.42 Å². The minimum absolute atomic E-state index is 0.393. The van der Waals surface area contributed by atoms with Gasteiger partial charge in [-0.15, -0.1) is 0 Å². The Bertz CT molecular complexity index is 3850. The standard InChI is InChI=1S/C62H42N2O/c1-3-14-41(15-4-1)42-26-28-45(29-27-42)53-38-39-58(60-56-21-10-12-25-59(56)65-62(53)60)63(49-36-37-51-46(40-49)31-30-43-16-7-8-19-50(43)51)48-34-32-44(33-35-48)52-22-13-23-55-54-20-9-11-24-57(54)64(61(52)55)47-17-5-2-6-18-47/h1-14,16-41H,15H2. The van der Waals surface area contributed by atoms with E-state index >= 15 is 0 Å². The van der Waals surface area contributed by atoms with Crippen molar-refractivity contribution >= 4 is 82.4 Å². The van der Waals surface area contributed by atoms with Gasteiger partial charge in [-0.05, 0) is 105 Å². The van der Waals surface area contributed by atoms with Crippen LogP contribution in [0.1, 0.15) is 17.9 Å². The van der Waals surface area contributed by atoms with Crippen molar-refractivity contribution in [1.29, 1.82) is 0 Å². The first-order chi connectivity index (χ1) is 32.2. The molecule has 0 radical (unpaired) electrons. The predicted octanol–water partition coefficient (Wildman–Crippen LogP) is 17.4. The molecule has 0 N–H and O–H groups in total. The molecule has 3 heteroatoms. The normalized spacial score (nSPS) is 13.8. The Morgan fingerprint density at radius 1 is 0.477 bits per heavy atom. The summed E-state index contributed by atoms with van der Waals surface area (Å²) in [5.74, 6) is 0.393. The second-order valence-corrected chi connectivity index (χ2v) is 17.2. The minimum atomic E-state index is 0.393. The van der Waals surface area contributed by atoms with Crippen LogP contribution in [0.15, 0.2) is 241 Å². The Morgan fingerprint density at radius 3 is 2.02 bits per heavy atom. The van der Waals surface area contributed by atoms with Crippen molar-refractivity contribution < 1.29 is 4.42 Å². The average molecular weight is 831 g/mol. The topological polar surface area (TPSA) is 21.3 Å². The van der Waals surface area contributed by atoms with Gasteiger partial charge >= 0.3 is 0 Å². The first-order valence-electron chi connectivity index (χ1n) is 22.5. The van der Waals surface area contributed by atoms with Crippen LogP contribution in [0.2, 0.25) is 0 Å². The molecule has 1 aliphatic rings. The first-order valence-corrected chi connectivity index (χ1v) is 22.5. The van der Waals surface area contributed by atoms with Crippen LogP contribution in [0.5, 0.6) is 0 Å². The van der Waals surface area contributed by atoms with Crippen LogP contribution in [0, 0.1) is 0 Å². The molecular formula is C62H42N2O. The van der Waals surface area contributed by atoms with Crippen molar-refractivity contribution in [1.82, 2.24) is 4.57 Å². The molecule has 12 aromatic rings. The molecule has 1 aliphatic carbocycles. The molecule has 10 aromatic carbocycles. The van der Waals surface area contributed by atoms with E-state index in [-0.39, 0.29) is 0 Å². The highest BCUT2D eigenvalue weighted by atomic mass is 16.3. The molecule has 0 bridgehead atoms. The van der Waals surface area contributed by atoms with E-state index in [0.717, 1.165) is 67.8 Å². The lowest BCUT2D eigenvalue weighted by molar-refractivity contribution is 0.670. The first kappa shape index (κ1) is 37.2. The molecule has 65 heavy (non-hydrogen) atoms. The summed E-state index contributed by atoms with van der Waals surface area (Å²) in [4.78, 5) is 2.42. The summed E-state index contributed by atoms with van der Waals surface area (Å²) in [7, 11) is 0. The Labute approximate surface area is 377 Å². The molecule has 306 valence electrons. The molecule has 0 saturated carbocycles. The maximum absolute atomic E-state index is 6.91. The quantitative estimate of drug-likeness (QED) is 0.149. The number of nitrogens with zero attached hydrogens (tertiary/aromatic N) is 2. The summed E-state index contributed by atoms with van der Waals surface area (Å²) in [6.45, 7) is 0. The molecule has 0 spiro atoms. The molecular weight excluding hydrogens is 789 g/mol. The van der Waals surface area contributed by atoms with E-state index in [0.29, 0.717) is 5.92 Å². The molecule has 0 fully saturated rings. The molecule has 0 amide bonds. The zero-order valence-electron chi connectivity index (χ0n) is 35.6. The van der Waals surface area contributed by atoms with Gasteiger partial charge in [-0.3, -0.25) is 0 Å². The maximum atomic E-state index is 6.91. The highest BCUT2D eigenvalue weighted by Gasteiger charge is 2.24. The Morgan fingerprint density at radius 2 is 1.17 bits per heavy atom. The van der Waals surface area contributed by atoms with Crippen LogP contribution >= 0.6 is 0 Å². The number of hydrogen-bond acceptors (Lipinski definition) is 2. The molecule has 0 aliphatic heterocycles. The van der Waals surface area contributed by atoms with Crippen LogP contribution in [-0.2, 0) is 0 Å². The lowest BCUT2D eigenvalue weighted by Crippen LogP contribution is -2.10. The van der Waals surface area contributed by atoms with Gasteiger partial charge in [0, 0.05) is 50.3 Å². The number of para-hydroxylation sites is 4. The Hall–Kier alpha value is -8.40. The Balaban J connectivity index is 1.01. The van der Waals surface area contributed by atoms with Crippen molar-refractivity contribution in [2.24, 2.45) is 0 Å². The molecule has 13 rings (SSSR count). The fraction of sp³-hybridized carbons (Fsp3) is 0.0323. The van der Waals surface area contributed by atoms with Crippen LogP contribution in [0.3, 0.4) is 0 Å². The van der Waals surface area contributed by atoms with Gasteiger partial charge in [-0.25, -0.2) is 0 Å². The van der Waals surface area contributed by atoms with Gasteiger partial charge in [-0.2, -0.15) is 0 Å². The number of rotatable bonds is 7. The number of anilines is 3. The Kier molecular flexibility index (Phi) is 8.67. The molecule has 0 saturated heterocycles. The zero-order valence-corrected chi connectivity index (χ0v) is 35.6. The smallest absolute Gasteiger partial charge is 0.145 e. The summed E-state index contributed by atoms with van der Waals surface area (Å²) in [5, 5.41) is 9.58. The number of benzene rings is 10. The van der Waals surface area contributed by atoms with Gasteiger partial charge in [-0.1, -0.05) is 176 Å². The van der Waals surface area contributed by atoms with Crippen LogP contribution in [-0.4, -0.2) is 4.57 Å². The third kappa shape index (κ3) is 6.12. The summed E-state index contributed by atoms with van der Waals surface area (Å²) < 4.78 is 9.32. The van der Waals surface area contributed by atoms with E-state index in [1.165, 1.54) is 54.5 Å². The van der Waals surface area contributed by atoms with E-state index in [9.17, 15) is 0 Å². The lowest BCUT2D eigenvalue weighted by atomic mass is 9.91. The van der Waals surface area contributed by atoms with Gasteiger partial charge in [0.2, 0.25) is 0 Å². The van der Waals surface area contributed by atoms with E-state index in [1.807, 2.05) is 0 Å². The largest absolute Gasteiger partial charge is 0.455 e. The van der Waals surface area contributed by atoms with E-state index in [1.54, 1.807) is 0 Å². The third-order valence-corrected chi connectivity index (χ3v) is 13.5. The van der Waals surface area contributed by atoms with Crippen molar-refractivity contribution in [2.45, 2.75) is 12.3 Å². The molecule has 2 heterocycles. The van der Waals surface area contributed by atoms with Gasteiger partial charge in [0.05, 0.1) is 22.1 Å². The number of allylic oxidation sites excluding steroid dienone is 4. The van der Waals surface area contributed by atoms with Crippen molar-refractivity contribution in [3.8, 4) is 27.9 Å². The SMILES string of the molecule is C1=CCC(c2ccc(-c3ccc(N(c4ccc(-c5cccc6c7ccccc7n(-c7ccccc7)c56)cc4)c4ccc5c(ccc6ccccc65)c4)c4c3oc3ccccc34)cc2)C=C1. The highest BCUT2D eigenvalue weighted by molar-refractivity contribution is 6.18. The molecule has 2 aromatic heterocycles. The fourth-order valence-corrected chi connectivity index (χ4v) is 10.4. The van der Waals surface area contributed by atoms with Crippen LogP contribution in [0.4, 0.5) is 17.1 Å². The second kappa shape index (κ2) is 15.1. The van der Waals surface area contributed by atoms with E-state index < -0.39 is 0 Å². The molecule has 1 atom stereocenters. The predicted molar refractivity (Wildman–Crippen MR) is 274 cm³/mol. The zero-order chi connectivity index (χ0) is 42.8. The fourth-order valence-electron chi connectivity index (χ4n) is 10.4. The lowest BCUT2D eigenvalue weighted by Gasteiger charge is -2.27. The van der Waals surface area contributed by atoms with Crippen LogP contribution in [0.25, 0.3) is 93.2 Å². The van der Waals surface area contributed by atoms with Crippen molar-refractivity contribution in [3.63, 3.8) is 0 Å². The third-order valence-electron chi connectivity index (χ3n) is 13.5. The van der Waals surface area contributed by atoms with Gasteiger partial charge in [0.1, 0.15) is 11.2 Å². The molecule has 1 unspecified atom stereocenters. The monoisotopic (exact) mass is 830 g/mol. The summed E-state index contributed by atoms with van der Waals surface area (Å²) >= 11 is 0. The molecule has 3 nitrogen and oxygen atoms in total. The summed E-state index contributed by atoms with van der Waals surface area (Å²) in [6, 6.07) is 77.4. The summed E-state index contributed by atoms with van der Waals surface area (Å²) in [6.07, 6.45) is 9.85. The highest BCUT2D eigenvalue weighted by Crippen LogP contribution is 2.48. The average Bonchev–Trinajstić information content (AvgIpc) is 3.94. The van der Waals surface area contributed by atoms with Crippen LogP contribution < -0.4 is 4.90 Å². The van der Waals surface area contributed by atoms with E-state index in [2.05, 4.69) is 246 Å². The van der Waals surface area contributed by atoms with Gasteiger partial charge in [0.15, 0.2) is 0 Å². The van der Waals surface area contributed by atoms with Gasteiger partial charge < -0.3 is 13.9 Å². The van der Waals surface area contributed by atoms with Crippen molar-refractivity contribution in [3.05, 3.63) is 242 Å². The second-order valence-electron chi connectivity index (χ2n) is 17.2.